The molecule has 1 unspecified atom stereocenters. The molecule has 1 aliphatic heterocycles. The normalized spacial score (nSPS) is 20.9. The highest BCUT2D eigenvalue weighted by molar-refractivity contribution is 9.10. The van der Waals surface area contributed by atoms with Crippen molar-refractivity contribution in [2.45, 2.75) is 25.8 Å². The number of pyridine rings is 1. The molecule has 2 heterocycles. The van der Waals surface area contributed by atoms with E-state index >= 15 is 0 Å². The molecule has 0 bridgehead atoms. The molecule has 3 nitrogen and oxygen atoms in total. The van der Waals surface area contributed by atoms with E-state index in [0.29, 0.717) is 0 Å². The zero-order chi connectivity index (χ0) is 11.4. The lowest BCUT2D eigenvalue weighted by atomic mass is 9.96. The molecule has 1 saturated heterocycles. The van der Waals surface area contributed by atoms with Crippen molar-refractivity contribution in [1.82, 2.24) is 9.88 Å². The lowest BCUT2D eigenvalue weighted by molar-refractivity contribution is 0.340. The van der Waals surface area contributed by atoms with Gasteiger partial charge >= 0.3 is 0 Å². The van der Waals surface area contributed by atoms with Gasteiger partial charge in [-0.1, -0.05) is 0 Å². The Kier molecular flexibility index (Phi) is 4.18. The molecule has 1 aromatic rings. The van der Waals surface area contributed by atoms with E-state index < -0.39 is 0 Å². The highest BCUT2D eigenvalue weighted by atomic mass is 79.9. The summed E-state index contributed by atoms with van der Waals surface area (Å²) in [7, 11) is 0. The van der Waals surface area contributed by atoms with Crippen LogP contribution >= 0.6 is 15.9 Å². The van der Waals surface area contributed by atoms with E-state index in [1.807, 2.05) is 6.20 Å². The minimum Gasteiger partial charge on any atom is -0.316 e. The van der Waals surface area contributed by atoms with E-state index in [2.05, 4.69) is 21.2 Å². The van der Waals surface area contributed by atoms with Crippen molar-refractivity contribution < 1.29 is 0 Å². The van der Waals surface area contributed by atoms with Gasteiger partial charge in [-0.3, -0.25) is 4.79 Å². The molecule has 0 aliphatic carbocycles. The topological polar surface area (TPSA) is 34.0 Å². The second-order valence-electron chi connectivity index (χ2n) is 4.38. The summed E-state index contributed by atoms with van der Waals surface area (Å²) >= 11 is 3.39. The van der Waals surface area contributed by atoms with Gasteiger partial charge in [-0.2, -0.15) is 0 Å². The molecule has 1 aromatic heterocycles. The lowest BCUT2D eigenvalue weighted by Crippen LogP contribution is -2.31. The first-order valence-corrected chi connectivity index (χ1v) is 6.62. The standard InChI is InChI=1S/C12H17BrN2O/c13-11-3-4-12(16)15(9-11)7-5-10-2-1-6-14-8-10/h3-4,9-10,14H,1-2,5-8H2. The average Bonchev–Trinajstić information content (AvgIpc) is 2.32. The van der Waals surface area contributed by atoms with Crippen molar-refractivity contribution >= 4 is 15.9 Å². The van der Waals surface area contributed by atoms with E-state index in [0.717, 1.165) is 36.4 Å². The maximum Gasteiger partial charge on any atom is 0.250 e. The predicted molar refractivity (Wildman–Crippen MR) is 68.6 cm³/mol. The number of hydrogen-bond donors (Lipinski definition) is 1. The van der Waals surface area contributed by atoms with E-state index in [1.54, 1.807) is 16.7 Å². The van der Waals surface area contributed by atoms with E-state index in [-0.39, 0.29) is 5.56 Å². The van der Waals surface area contributed by atoms with Gasteiger partial charge in [0.1, 0.15) is 0 Å². The summed E-state index contributed by atoms with van der Waals surface area (Å²) in [5.41, 5.74) is 0.0898. The monoisotopic (exact) mass is 284 g/mol. The van der Waals surface area contributed by atoms with Crippen molar-refractivity contribution in [3.63, 3.8) is 0 Å². The highest BCUT2D eigenvalue weighted by Crippen LogP contribution is 2.15. The number of halogens is 1. The van der Waals surface area contributed by atoms with Gasteiger partial charge in [0, 0.05) is 23.3 Å². The number of nitrogens with one attached hydrogen (secondary N) is 1. The van der Waals surface area contributed by atoms with Gasteiger partial charge in [0.15, 0.2) is 0 Å². The molecule has 1 N–H and O–H groups in total. The summed E-state index contributed by atoms with van der Waals surface area (Å²) in [4.78, 5) is 11.6. The summed E-state index contributed by atoms with van der Waals surface area (Å²) in [5, 5.41) is 3.40. The lowest BCUT2D eigenvalue weighted by Gasteiger charge is -2.22. The van der Waals surface area contributed by atoms with Gasteiger partial charge in [-0.25, -0.2) is 0 Å². The Morgan fingerprint density at radius 2 is 2.38 bits per heavy atom. The van der Waals surface area contributed by atoms with Gasteiger partial charge in [-0.05, 0) is 60.3 Å². The van der Waals surface area contributed by atoms with Crippen molar-refractivity contribution in [2.24, 2.45) is 5.92 Å². The molecule has 0 spiro atoms. The van der Waals surface area contributed by atoms with Crippen molar-refractivity contribution in [2.75, 3.05) is 13.1 Å². The molecular weight excluding hydrogens is 268 g/mol. The van der Waals surface area contributed by atoms with Crippen molar-refractivity contribution in [3.8, 4) is 0 Å². The number of rotatable bonds is 3. The van der Waals surface area contributed by atoms with Crippen molar-refractivity contribution in [1.29, 1.82) is 0 Å². The summed E-state index contributed by atoms with van der Waals surface area (Å²) < 4.78 is 2.76. The Morgan fingerprint density at radius 3 is 3.12 bits per heavy atom. The first kappa shape index (κ1) is 11.9. The highest BCUT2D eigenvalue weighted by Gasteiger charge is 2.12. The molecule has 0 aromatic carbocycles. The number of aromatic nitrogens is 1. The SMILES string of the molecule is O=c1ccc(Br)cn1CCC1CCCNC1. The molecule has 1 aliphatic rings. The first-order valence-electron chi connectivity index (χ1n) is 5.82. The van der Waals surface area contributed by atoms with Crippen LogP contribution in [0.3, 0.4) is 0 Å². The van der Waals surface area contributed by atoms with Gasteiger partial charge in [0.25, 0.3) is 5.56 Å². The van der Waals surface area contributed by atoms with Crippen LogP contribution < -0.4 is 10.9 Å². The van der Waals surface area contributed by atoms with Crippen LogP contribution in [-0.2, 0) is 6.54 Å². The van der Waals surface area contributed by atoms with Crippen LogP contribution in [0.25, 0.3) is 0 Å². The Morgan fingerprint density at radius 1 is 1.50 bits per heavy atom. The zero-order valence-corrected chi connectivity index (χ0v) is 10.9. The zero-order valence-electron chi connectivity index (χ0n) is 9.29. The molecular formula is C12H17BrN2O. The van der Waals surface area contributed by atoms with Crippen LogP contribution in [0, 0.1) is 5.92 Å². The molecule has 2 rings (SSSR count). The minimum absolute atomic E-state index is 0.0898. The third kappa shape index (κ3) is 3.19. The fourth-order valence-corrected chi connectivity index (χ4v) is 2.55. The Hall–Kier alpha value is -0.610. The smallest absolute Gasteiger partial charge is 0.250 e. The maximum atomic E-state index is 11.6. The van der Waals surface area contributed by atoms with Gasteiger partial charge in [0.2, 0.25) is 0 Å². The number of nitrogens with zero attached hydrogens (tertiary/aromatic N) is 1. The van der Waals surface area contributed by atoms with Crippen LogP contribution in [0.15, 0.2) is 27.6 Å². The molecule has 0 radical (unpaired) electrons. The molecule has 16 heavy (non-hydrogen) atoms. The second kappa shape index (κ2) is 5.64. The van der Waals surface area contributed by atoms with Crippen LogP contribution in [0.1, 0.15) is 19.3 Å². The number of aryl methyl sites for hydroxylation is 1. The first-order chi connectivity index (χ1) is 7.75. The van der Waals surface area contributed by atoms with Crippen LogP contribution in [0.5, 0.6) is 0 Å². The fraction of sp³-hybridized carbons (Fsp3) is 0.583. The summed E-state index contributed by atoms with van der Waals surface area (Å²) in [6, 6.07) is 3.41. The van der Waals surface area contributed by atoms with E-state index in [1.165, 1.54) is 12.8 Å². The van der Waals surface area contributed by atoms with Crippen LogP contribution in [0.4, 0.5) is 0 Å². The fourth-order valence-electron chi connectivity index (χ4n) is 2.17. The second-order valence-corrected chi connectivity index (χ2v) is 5.30. The quantitative estimate of drug-likeness (QED) is 0.921. The number of hydrogen-bond acceptors (Lipinski definition) is 2. The third-order valence-corrected chi connectivity index (χ3v) is 3.59. The van der Waals surface area contributed by atoms with Crippen LogP contribution in [-0.4, -0.2) is 17.7 Å². The van der Waals surface area contributed by atoms with Gasteiger partial charge in [-0.15, -0.1) is 0 Å². The number of piperidine rings is 1. The van der Waals surface area contributed by atoms with Crippen LogP contribution in [0.2, 0.25) is 0 Å². The molecule has 1 fully saturated rings. The molecule has 88 valence electrons. The predicted octanol–water partition coefficient (Wildman–Crippen LogP) is 2.00. The van der Waals surface area contributed by atoms with E-state index in [9.17, 15) is 4.79 Å². The van der Waals surface area contributed by atoms with Gasteiger partial charge < -0.3 is 9.88 Å². The molecule has 0 saturated carbocycles. The summed E-state index contributed by atoms with van der Waals surface area (Å²) in [6.07, 6.45) is 5.51. The largest absolute Gasteiger partial charge is 0.316 e. The Balaban J connectivity index is 1.93. The molecule has 4 heteroatoms. The van der Waals surface area contributed by atoms with Gasteiger partial charge in [0.05, 0.1) is 0 Å². The summed E-state index contributed by atoms with van der Waals surface area (Å²) in [6.45, 7) is 3.07. The summed E-state index contributed by atoms with van der Waals surface area (Å²) in [5.74, 6) is 0.722. The average molecular weight is 285 g/mol. The molecule has 0 amide bonds. The molecule has 1 atom stereocenters. The Labute approximate surface area is 104 Å². The Bertz CT molecular complexity index is 396. The minimum atomic E-state index is 0.0898. The van der Waals surface area contributed by atoms with Crippen molar-refractivity contribution in [3.05, 3.63) is 33.2 Å². The van der Waals surface area contributed by atoms with E-state index in [4.69, 9.17) is 0 Å². The maximum absolute atomic E-state index is 11.6. The third-order valence-electron chi connectivity index (χ3n) is 3.12.